The Hall–Kier alpha value is -1.09. The second kappa shape index (κ2) is 3.93. The highest BCUT2D eigenvalue weighted by Crippen LogP contribution is 1.90. The molecule has 3 heteroatoms. The van der Waals surface area contributed by atoms with Gasteiger partial charge in [-0.2, -0.15) is 0 Å². The second-order valence-electron chi connectivity index (χ2n) is 2.49. The summed E-state index contributed by atoms with van der Waals surface area (Å²) in [6.07, 6.45) is 7.54. The summed E-state index contributed by atoms with van der Waals surface area (Å²) in [6.45, 7) is 4.17. The largest absolute Gasteiger partial charge is 0.389 e. The van der Waals surface area contributed by atoms with Gasteiger partial charge in [0.15, 0.2) is 0 Å². The molecule has 0 radical (unpaired) electrons. The standard InChI is InChI=1S/C8H12N2O/c1-2-3-8(11)6-10-5-4-9-7-10/h2,4-5,7-8,11H,1,3,6H2/p+1. The molecule has 0 saturated heterocycles. The Labute approximate surface area is 66.0 Å². The molecule has 0 aliphatic heterocycles. The molecule has 0 spiro atoms. The maximum absolute atomic E-state index is 9.32. The normalized spacial score (nSPS) is 12.8. The van der Waals surface area contributed by atoms with Crippen molar-refractivity contribution >= 4 is 0 Å². The SMILES string of the molecule is C=CCC(O)C[n+]1cc[nH]c1. The summed E-state index contributed by atoms with van der Waals surface area (Å²) in [5.41, 5.74) is 0. The number of aromatic nitrogens is 2. The van der Waals surface area contributed by atoms with Crippen LogP contribution in [-0.2, 0) is 6.54 Å². The van der Waals surface area contributed by atoms with Crippen LogP contribution in [0, 0.1) is 0 Å². The third-order valence-corrected chi connectivity index (χ3v) is 1.46. The maximum Gasteiger partial charge on any atom is 0.241 e. The number of rotatable bonds is 4. The van der Waals surface area contributed by atoms with E-state index in [-0.39, 0.29) is 6.10 Å². The van der Waals surface area contributed by atoms with Crippen molar-refractivity contribution in [3.8, 4) is 0 Å². The smallest absolute Gasteiger partial charge is 0.241 e. The van der Waals surface area contributed by atoms with E-state index in [2.05, 4.69) is 11.6 Å². The number of nitrogens with zero attached hydrogens (tertiary/aromatic N) is 1. The number of hydrogen-bond donors (Lipinski definition) is 2. The van der Waals surface area contributed by atoms with Crippen LogP contribution in [0.15, 0.2) is 31.4 Å². The Morgan fingerprint density at radius 1 is 1.73 bits per heavy atom. The third-order valence-electron chi connectivity index (χ3n) is 1.46. The number of nitrogens with one attached hydrogen (secondary N) is 1. The van der Waals surface area contributed by atoms with E-state index in [9.17, 15) is 5.11 Å². The minimum atomic E-state index is -0.326. The van der Waals surface area contributed by atoms with Crippen molar-refractivity contribution in [1.29, 1.82) is 0 Å². The molecule has 3 nitrogen and oxygen atoms in total. The average molecular weight is 153 g/mol. The van der Waals surface area contributed by atoms with Crippen LogP contribution in [0.25, 0.3) is 0 Å². The van der Waals surface area contributed by atoms with Crippen LogP contribution >= 0.6 is 0 Å². The van der Waals surface area contributed by atoms with Gasteiger partial charge >= 0.3 is 0 Å². The predicted molar refractivity (Wildman–Crippen MR) is 41.8 cm³/mol. The van der Waals surface area contributed by atoms with Crippen molar-refractivity contribution in [2.45, 2.75) is 19.1 Å². The molecule has 0 bridgehead atoms. The zero-order valence-corrected chi connectivity index (χ0v) is 6.40. The van der Waals surface area contributed by atoms with Crippen molar-refractivity contribution in [3.05, 3.63) is 31.4 Å². The highest BCUT2D eigenvalue weighted by molar-refractivity contribution is 4.70. The third kappa shape index (κ3) is 2.55. The summed E-state index contributed by atoms with van der Waals surface area (Å²) in [7, 11) is 0. The molecular weight excluding hydrogens is 140 g/mol. The first-order valence-corrected chi connectivity index (χ1v) is 3.63. The van der Waals surface area contributed by atoms with Crippen molar-refractivity contribution in [3.63, 3.8) is 0 Å². The fourth-order valence-electron chi connectivity index (χ4n) is 0.944. The molecule has 60 valence electrons. The number of imidazole rings is 1. The number of aliphatic hydroxyl groups excluding tert-OH is 1. The van der Waals surface area contributed by atoms with Crippen molar-refractivity contribution in [1.82, 2.24) is 4.98 Å². The summed E-state index contributed by atoms with van der Waals surface area (Å²) in [5, 5.41) is 9.32. The van der Waals surface area contributed by atoms with Gasteiger partial charge in [-0.05, 0) is 6.42 Å². The molecular formula is C8H13N2O+. The van der Waals surface area contributed by atoms with Gasteiger partial charge in [-0.3, -0.25) is 4.98 Å². The Balaban J connectivity index is 2.37. The topological polar surface area (TPSA) is 39.9 Å². The van der Waals surface area contributed by atoms with Crippen LogP contribution < -0.4 is 4.57 Å². The predicted octanol–water partition coefficient (Wildman–Crippen LogP) is 0.239. The van der Waals surface area contributed by atoms with E-state index < -0.39 is 0 Å². The van der Waals surface area contributed by atoms with Crippen LogP contribution in [0.5, 0.6) is 0 Å². The fraction of sp³-hybridized carbons (Fsp3) is 0.375. The lowest BCUT2D eigenvalue weighted by atomic mass is 10.2. The lowest BCUT2D eigenvalue weighted by Gasteiger charge is -2.02. The molecule has 1 aromatic rings. The monoisotopic (exact) mass is 153 g/mol. The Kier molecular flexibility index (Phi) is 2.86. The van der Waals surface area contributed by atoms with Gasteiger partial charge in [0.05, 0.1) is 6.10 Å². The quantitative estimate of drug-likeness (QED) is 0.472. The molecule has 0 aliphatic rings. The van der Waals surface area contributed by atoms with Gasteiger partial charge in [-0.15, -0.1) is 6.58 Å². The van der Waals surface area contributed by atoms with E-state index in [1.54, 1.807) is 6.08 Å². The van der Waals surface area contributed by atoms with Crippen LogP contribution in [0.1, 0.15) is 6.42 Å². The zero-order chi connectivity index (χ0) is 8.10. The Morgan fingerprint density at radius 2 is 2.55 bits per heavy atom. The van der Waals surface area contributed by atoms with Crippen LogP contribution in [0.2, 0.25) is 0 Å². The van der Waals surface area contributed by atoms with E-state index in [1.807, 2.05) is 23.3 Å². The van der Waals surface area contributed by atoms with Crippen LogP contribution in [-0.4, -0.2) is 16.2 Å². The maximum atomic E-state index is 9.32. The first-order chi connectivity index (χ1) is 5.33. The highest BCUT2D eigenvalue weighted by Gasteiger charge is 2.05. The minimum absolute atomic E-state index is 0.326. The summed E-state index contributed by atoms with van der Waals surface area (Å²) in [6, 6.07) is 0. The van der Waals surface area contributed by atoms with Gasteiger partial charge in [0, 0.05) is 0 Å². The highest BCUT2D eigenvalue weighted by atomic mass is 16.3. The van der Waals surface area contributed by atoms with E-state index in [1.165, 1.54) is 0 Å². The van der Waals surface area contributed by atoms with E-state index in [0.717, 1.165) is 0 Å². The summed E-state index contributed by atoms with van der Waals surface area (Å²) in [4.78, 5) is 2.90. The van der Waals surface area contributed by atoms with E-state index in [0.29, 0.717) is 13.0 Å². The molecule has 1 aromatic heterocycles. The second-order valence-corrected chi connectivity index (χ2v) is 2.49. The molecule has 1 rings (SSSR count). The lowest BCUT2D eigenvalue weighted by Crippen LogP contribution is -2.37. The molecule has 1 unspecified atom stereocenters. The summed E-state index contributed by atoms with van der Waals surface area (Å²) >= 11 is 0. The van der Waals surface area contributed by atoms with Crippen molar-refractivity contribution in [2.75, 3.05) is 0 Å². The lowest BCUT2D eigenvalue weighted by molar-refractivity contribution is -0.702. The summed E-state index contributed by atoms with van der Waals surface area (Å²) < 4.78 is 1.90. The molecule has 1 atom stereocenters. The molecule has 0 aromatic carbocycles. The van der Waals surface area contributed by atoms with Gasteiger partial charge < -0.3 is 5.11 Å². The number of H-pyrrole nitrogens is 1. The number of aliphatic hydroxyl groups is 1. The number of aromatic amines is 1. The summed E-state index contributed by atoms with van der Waals surface area (Å²) in [5.74, 6) is 0. The van der Waals surface area contributed by atoms with Gasteiger partial charge in [-0.1, -0.05) is 6.08 Å². The van der Waals surface area contributed by atoms with E-state index >= 15 is 0 Å². The minimum Gasteiger partial charge on any atom is -0.389 e. The first-order valence-electron chi connectivity index (χ1n) is 3.63. The zero-order valence-electron chi connectivity index (χ0n) is 6.40. The molecule has 2 N–H and O–H groups in total. The van der Waals surface area contributed by atoms with E-state index in [4.69, 9.17) is 0 Å². The first kappa shape index (κ1) is 8.01. The van der Waals surface area contributed by atoms with Crippen LogP contribution in [0.4, 0.5) is 0 Å². The molecule has 0 saturated carbocycles. The Morgan fingerprint density at radius 3 is 3.09 bits per heavy atom. The van der Waals surface area contributed by atoms with Gasteiger partial charge in [0.25, 0.3) is 0 Å². The molecule has 11 heavy (non-hydrogen) atoms. The average Bonchev–Trinajstić information content (AvgIpc) is 2.40. The van der Waals surface area contributed by atoms with Crippen molar-refractivity contribution in [2.24, 2.45) is 0 Å². The van der Waals surface area contributed by atoms with Crippen molar-refractivity contribution < 1.29 is 9.67 Å². The van der Waals surface area contributed by atoms with Gasteiger partial charge in [0.1, 0.15) is 18.9 Å². The fourth-order valence-corrected chi connectivity index (χ4v) is 0.944. The van der Waals surface area contributed by atoms with Crippen LogP contribution in [0.3, 0.4) is 0 Å². The molecule has 0 fully saturated rings. The molecule has 1 heterocycles. The molecule has 0 amide bonds. The molecule has 0 aliphatic carbocycles. The van der Waals surface area contributed by atoms with Gasteiger partial charge in [0.2, 0.25) is 6.33 Å². The van der Waals surface area contributed by atoms with Gasteiger partial charge in [-0.25, -0.2) is 4.57 Å². The Bertz CT molecular complexity index is 206. The number of hydrogen-bond acceptors (Lipinski definition) is 1.